The second kappa shape index (κ2) is 6.48. The highest BCUT2D eigenvalue weighted by atomic mass is 16.5. The van der Waals surface area contributed by atoms with Crippen LogP contribution in [0.4, 0.5) is 0 Å². The number of hydrogen-bond donors (Lipinski definition) is 0. The SMILES string of the molecule is CCOC(=O)c1cn(-c2ccc(C)cc2)nc1-c1ccccc1. The maximum Gasteiger partial charge on any atom is 0.342 e. The smallest absolute Gasteiger partial charge is 0.342 e. The van der Waals surface area contributed by atoms with Gasteiger partial charge in [-0.05, 0) is 26.0 Å². The van der Waals surface area contributed by atoms with E-state index in [4.69, 9.17) is 4.74 Å². The highest BCUT2D eigenvalue weighted by Crippen LogP contribution is 2.24. The molecule has 2 aromatic carbocycles. The van der Waals surface area contributed by atoms with Gasteiger partial charge in [-0.1, -0.05) is 48.0 Å². The average molecular weight is 306 g/mol. The second-order valence-electron chi connectivity index (χ2n) is 5.26. The van der Waals surface area contributed by atoms with Crippen molar-refractivity contribution in [3.63, 3.8) is 0 Å². The lowest BCUT2D eigenvalue weighted by Crippen LogP contribution is -2.04. The van der Waals surface area contributed by atoms with Crippen LogP contribution in [0.1, 0.15) is 22.8 Å². The fourth-order valence-electron chi connectivity index (χ4n) is 2.37. The number of aromatic nitrogens is 2. The van der Waals surface area contributed by atoms with Crippen LogP contribution in [-0.2, 0) is 4.74 Å². The Kier molecular flexibility index (Phi) is 4.24. The van der Waals surface area contributed by atoms with E-state index in [1.54, 1.807) is 17.8 Å². The Morgan fingerprint density at radius 3 is 2.43 bits per heavy atom. The predicted molar refractivity (Wildman–Crippen MR) is 89.7 cm³/mol. The molecule has 1 heterocycles. The van der Waals surface area contributed by atoms with E-state index in [2.05, 4.69) is 5.10 Å². The van der Waals surface area contributed by atoms with Gasteiger partial charge in [0.15, 0.2) is 0 Å². The maximum atomic E-state index is 12.3. The standard InChI is InChI=1S/C19H18N2O2/c1-3-23-19(22)17-13-21(16-11-9-14(2)10-12-16)20-18(17)15-7-5-4-6-8-15/h4-13H,3H2,1-2H3. The van der Waals surface area contributed by atoms with Crippen LogP contribution in [0, 0.1) is 6.92 Å². The van der Waals surface area contributed by atoms with Gasteiger partial charge in [-0.2, -0.15) is 5.10 Å². The summed E-state index contributed by atoms with van der Waals surface area (Å²) in [6.45, 7) is 4.17. The van der Waals surface area contributed by atoms with Gasteiger partial charge in [0, 0.05) is 11.8 Å². The van der Waals surface area contributed by atoms with Gasteiger partial charge in [0.05, 0.1) is 12.3 Å². The summed E-state index contributed by atoms with van der Waals surface area (Å²) in [5.41, 5.74) is 4.07. The zero-order valence-electron chi connectivity index (χ0n) is 13.2. The molecule has 0 aliphatic carbocycles. The Labute approximate surface area is 135 Å². The Hall–Kier alpha value is -2.88. The van der Waals surface area contributed by atoms with Crippen molar-refractivity contribution in [2.45, 2.75) is 13.8 Å². The van der Waals surface area contributed by atoms with Crippen molar-refractivity contribution in [1.82, 2.24) is 9.78 Å². The lowest BCUT2D eigenvalue weighted by molar-refractivity contribution is 0.0527. The van der Waals surface area contributed by atoms with E-state index in [0.29, 0.717) is 17.9 Å². The van der Waals surface area contributed by atoms with Crippen LogP contribution in [0.25, 0.3) is 16.9 Å². The number of carbonyl (C=O) groups is 1. The zero-order chi connectivity index (χ0) is 16.2. The molecule has 4 heteroatoms. The summed E-state index contributed by atoms with van der Waals surface area (Å²) in [6, 6.07) is 17.6. The van der Waals surface area contributed by atoms with E-state index in [0.717, 1.165) is 11.3 Å². The molecule has 0 bridgehead atoms. The number of carbonyl (C=O) groups excluding carboxylic acids is 1. The van der Waals surface area contributed by atoms with E-state index in [1.807, 2.05) is 61.5 Å². The van der Waals surface area contributed by atoms with E-state index in [1.165, 1.54) is 5.56 Å². The van der Waals surface area contributed by atoms with Crippen molar-refractivity contribution in [3.8, 4) is 16.9 Å². The van der Waals surface area contributed by atoms with Crippen LogP contribution in [0.2, 0.25) is 0 Å². The average Bonchev–Trinajstić information content (AvgIpc) is 3.02. The largest absolute Gasteiger partial charge is 0.462 e. The van der Waals surface area contributed by atoms with E-state index in [9.17, 15) is 4.79 Å². The predicted octanol–water partition coefficient (Wildman–Crippen LogP) is 4.02. The minimum atomic E-state index is -0.357. The van der Waals surface area contributed by atoms with Crippen molar-refractivity contribution in [2.24, 2.45) is 0 Å². The highest BCUT2D eigenvalue weighted by Gasteiger charge is 2.19. The van der Waals surface area contributed by atoms with Crippen molar-refractivity contribution >= 4 is 5.97 Å². The molecule has 0 aliphatic heterocycles. The Morgan fingerprint density at radius 2 is 1.78 bits per heavy atom. The summed E-state index contributed by atoms with van der Waals surface area (Å²) < 4.78 is 6.88. The Bertz CT molecular complexity index is 805. The molecule has 0 fully saturated rings. The lowest BCUT2D eigenvalue weighted by Gasteiger charge is -2.02. The van der Waals surface area contributed by atoms with Crippen molar-refractivity contribution in [3.05, 3.63) is 71.9 Å². The molecular formula is C19H18N2O2. The number of aryl methyl sites for hydroxylation is 1. The third-order valence-corrected chi connectivity index (χ3v) is 3.56. The monoisotopic (exact) mass is 306 g/mol. The lowest BCUT2D eigenvalue weighted by atomic mass is 10.1. The molecule has 0 unspecified atom stereocenters. The maximum absolute atomic E-state index is 12.3. The molecule has 0 aliphatic rings. The molecule has 3 aromatic rings. The fraction of sp³-hybridized carbons (Fsp3) is 0.158. The van der Waals surface area contributed by atoms with E-state index < -0.39 is 0 Å². The normalized spacial score (nSPS) is 10.5. The van der Waals surface area contributed by atoms with Crippen LogP contribution in [0.15, 0.2) is 60.8 Å². The summed E-state index contributed by atoms with van der Waals surface area (Å²) in [4.78, 5) is 12.3. The topological polar surface area (TPSA) is 44.1 Å². The van der Waals surface area contributed by atoms with Crippen molar-refractivity contribution in [2.75, 3.05) is 6.61 Å². The zero-order valence-corrected chi connectivity index (χ0v) is 13.2. The van der Waals surface area contributed by atoms with Gasteiger partial charge in [-0.25, -0.2) is 9.48 Å². The third kappa shape index (κ3) is 3.16. The molecule has 4 nitrogen and oxygen atoms in total. The molecule has 0 atom stereocenters. The highest BCUT2D eigenvalue weighted by molar-refractivity contribution is 5.96. The van der Waals surface area contributed by atoms with Gasteiger partial charge in [-0.15, -0.1) is 0 Å². The summed E-state index contributed by atoms with van der Waals surface area (Å²) >= 11 is 0. The van der Waals surface area contributed by atoms with Crippen LogP contribution in [-0.4, -0.2) is 22.4 Å². The number of hydrogen-bond acceptors (Lipinski definition) is 3. The van der Waals surface area contributed by atoms with Gasteiger partial charge < -0.3 is 4.74 Å². The minimum Gasteiger partial charge on any atom is -0.462 e. The number of rotatable bonds is 4. The van der Waals surface area contributed by atoms with Gasteiger partial charge in [-0.3, -0.25) is 0 Å². The molecule has 3 rings (SSSR count). The van der Waals surface area contributed by atoms with Crippen LogP contribution in [0.3, 0.4) is 0 Å². The van der Waals surface area contributed by atoms with Gasteiger partial charge >= 0.3 is 5.97 Å². The molecule has 0 radical (unpaired) electrons. The first kappa shape index (κ1) is 15.0. The quantitative estimate of drug-likeness (QED) is 0.684. The van der Waals surface area contributed by atoms with E-state index >= 15 is 0 Å². The molecule has 116 valence electrons. The number of ether oxygens (including phenoxy) is 1. The molecule has 0 saturated carbocycles. The molecular weight excluding hydrogens is 288 g/mol. The van der Waals surface area contributed by atoms with Gasteiger partial charge in [0.1, 0.15) is 11.3 Å². The van der Waals surface area contributed by atoms with Crippen molar-refractivity contribution in [1.29, 1.82) is 0 Å². The molecule has 0 saturated heterocycles. The fourth-order valence-corrected chi connectivity index (χ4v) is 2.37. The Balaban J connectivity index is 2.10. The molecule has 1 aromatic heterocycles. The number of esters is 1. The van der Waals surface area contributed by atoms with Gasteiger partial charge in [0.2, 0.25) is 0 Å². The summed E-state index contributed by atoms with van der Waals surface area (Å²) in [5.74, 6) is -0.357. The molecule has 0 spiro atoms. The number of nitrogens with zero attached hydrogens (tertiary/aromatic N) is 2. The minimum absolute atomic E-state index is 0.336. The second-order valence-corrected chi connectivity index (χ2v) is 5.26. The molecule has 0 N–H and O–H groups in total. The first-order valence-electron chi connectivity index (χ1n) is 7.58. The first-order chi connectivity index (χ1) is 11.2. The van der Waals surface area contributed by atoms with Crippen LogP contribution in [0.5, 0.6) is 0 Å². The summed E-state index contributed by atoms with van der Waals surface area (Å²) in [7, 11) is 0. The van der Waals surface area contributed by atoms with E-state index in [-0.39, 0.29) is 5.97 Å². The van der Waals surface area contributed by atoms with Crippen LogP contribution < -0.4 is 0 Å². The Morgan fingerprint density at radius 1 is 1.09 bits per heavy atom. The summed E-state index contributed by atoms with van der Waals surface area (Å²) in [6.07, 6.45) is 1.73. The van der Waals surface area contributed by atoms with Crippen molar-refractivity contribution < 1.29 is 9.53 Å². The van der Waals surface area contributed by atoms with Crippen LogP contribution >= 0.6 is 0 Å². The third-order valence-electron chi connectivity index (χ3n) is 3.56. The molecule has 0 amide bonds. The number of benzene rings is 2. The molecule has 23 heavy (non-hydrogen) atoms. The first-order valence-corrected chi connectivity index (χ1v) is 7.58. The van der Waals surface area contributed by atoms with Gasteiger partial charge in [0.25, 0.3) is 0 Å². The summed E-state index contributed by atoms with van der Waals surface area (Å²) in [5, 5.41) is 4.60.